The molecule has 0 spiro atoms. The number of halogens is 2. The monoisotopic (exact) mass is 421 g/mol. The van der Waals surface area contributed by atoms with Crippen LogP contribution in [0.1, 0.15) is 36.8 Å². The molecule has 4 rings (SSSR count). The molecule has 2 aliphatic heterocycles. The Kier molecular flexibility index (Phi) is 5.23. The number of nitrogens with one attached hydrogen (secondary N) is 1. The first-order valence-corrected chi connectivity index (χ1v) is 10.1. The molecule has 2 amide bonds. The van der Waals surface area contributed by atoms with Crippen molar-refractivity contribution in [3.05, 3.63) is 34.2 Å². The summed E-state index contributed by atoms with van der Waals surface area (Å²) in [4.78, 5) is 38.2. The van der Waals surface area contributed by atoms with Gasteiger partial charge in [0.05, 0.1) is 23.5 Å². The van der Waals surface area contributed by atoms with Crippen LogP contribution in [0.25, 0.3) is 11.0 Å². The van der Waals surface area contributed by atoms with Gasteiger partial charge in [-0.25, -0.2) is 13.6 Å². The normalized spacial score (nSPS) is 24.9. The van der Waals surface area contributed by atoms with E-state index in [0.717, 1.165) is 0 Å². The Hall–Kier alpha value is -2.59. The summed E-state index contributed by atoms with van der Waals surface area (Å²) in [6, 6.07) is 4.06. The van der Waals surface area contributed by atoms with Crippen molar-refractivity contribution in [2.75, 3.05) is 26.2 Å². The van der Waals surface area contributed by atoms with E-state index in [1.54, 1.807) is 30.1 Å². The van der Waals surface area contributed by atoms with Gasteiger partial charge in [0.25, 0.3) is 5.92 Å². The van der Waals surface area contributed by atoms with Crippen LogP contribution in [0, 0.1) is 0 Å². The van der Waals surface area contributed by atoms with Gasteiger partial charge in [0.15, 0.2) is 0 Å². The Morgan fingerprint density at radius 2 is 1.97 bits per heavy atom. The molecular formula is C20H25F2N5O3. The third-order valence-electron chi connectivity index (χ3n) is 6.16. The summed E-state index contributed by atoms with van der Waals surface area (Å²) in [5.74, 6) is -4.75. The molecule has 30 heavy (non-hydrogen) atoms. The van der Waals surface area contributed by atoms with E-state index in [1.165, 1.54) is 9.13 Å². The minimum atomic E-state index is -2.91. The van der Waals surface area contributed by atoms with Crippen molar-refractivity contribution in [3.63, 3.8) is 0 Å². The van der Waals surface area contributed by atoms with Crippen LogP contribution in [0.2, 0.25) is 0 Å². The van der Waals surface area contributed by atoms with Crippen LogP contribution in [0.4, 0.5) is 8.78 Å². The predicted molar refractivity (Wildman–Crippen MR) is 106 cm³/mol. The molecule has 8 nitrogen and oxygen atoms in total. The highest BCUT2D eigenvalue weighted by Crippen LogP contribution is 2.41. The third kappa shape index (κ3) is 3.43. The van der Waals surface area contributed by atoms with E-state index in [2.05, 4.69) is 5.32 Å². The van der Waals surface area contributed by atoms with Gasteiger partial charge in [0, 0.05) is 26.6 Å². The topological polar surface area (TPSA) is 102 Å². The largest absolute Gasteiger partial charge is 0.329 e. The zero-order valence-corrected chi connectivity index (χ0v) is 16.7. The van der Waals surface area contributed by atoms with Crippen LogP contribution in [-0.2, 0) is 16.6 Å². The Bertz CT molecular complexity index is 1060. The number of fused-ring (bicyclic) bond motifs is 1. The highest BCUT2D eigenvalue weighted by atomic mass is 19.3. The van der Waals surface area contributed by atoms with E-state index in [4.69, 9.17) is 5.73 Å². The molecule has 10 heteroatoms. The molecule has 2 aromatic rings. The summed E-state index contributed by atoms with van der Waals surface area (Å²) in [7, 11) is 1.55. The summed E-state index contributed by atoms with van der Waals surface area (Å²) in [5.41, 5.74) is 6.53. The Labute approximate surface area is 171 Å². The fraction of sp³-hybridized carbons (Fsp3) is 0.550. The number of hydrogen-bond acceptors (Lipinski definition) is 5. The number of hydrogen-bond donors (Lipinski definition) is 2. The van der Waals surface area contributed by atoms with Gasteiger partial charge in [-0.05, 0) is 37.1 Å². The van der Waals surface area contributed by atoms with E-state index >= 15 is 0 Å². The van der Waals surface area contributed by atoms with E-state index < -0.39 is 29.5 Å². The van der Waals surface area contributed by atoms with E-state index in [1.807, 2.05) is 0 Å². The fourth-order valence-electron chi connectivity index (χ4n) is 4.62. The van der Waals surface area contributed by atoms with Crippen LogP contribution in [0.15, 0.2) is 23.0 Å². The number of aryl methyl sites for hydroxylation is 1. The lowest BCUT2D eigenvalue weighted by Crippen LogP contribution is -2.48. The molecule has 162 valence electrons. The minimum Gasteiger partial charge on any atom is -0.329 e. The number of aromatic nitrogens is 2. The number of imidazole rings is 1. The van der Waals surface area contributed by atoms with Crippen LogP contribution in [-0.4, -0.2) is 58.0 Å². The first-order chi connectivity index (χ1) is 14.2. The highest BCUT2D eigenvalue weighted by molar-refractivity contribution is 6.00. The van der Waals surface area contributed by atoms with Crippen molar-refractivity contribution in [2.24, 2.45) is 12.8 Å². The molecule has 3 heterocycles. The molecule has 1 aromatic heterocycles. The zero-order valence-electron chi connectivity index (χ0n) is 16.7. The lowest BCUT2D eigenvalue weighted by atomic mass is 9.86. The highest BCUT2D eigenvalue weighted by Gasteiger charge is 2.45. The van der Waals surface area contributed by atoms with Gasteiger partial charge in [0.1, 0.15) is 6.04 Å². The quantitative estimate of drug-likeness (QED) is 0.708. The maximum atomic E-state index is 14.9. The van der Waals surface area contributed by atoms with Gasteiger partial charge in [-0.1, -0.05) is 6.07 Å². The number of imide groups is 1. The second-order valence-corrected chi connectivity index (χ2v) is 8.09. The maximum absolute atomic E-state index is 14.9. The van der Waals surface area contributed by atoms with Gasteiger partial charge < -0.3 is 5.73 Å². The molecule has 2 unspecified atom stereocenters. The van der Waals surface area contributed by atoms with Crippen molar-refractivity contribution in [2.45, 2.75) is 37.1 Å². The molecule has 1 aromatic carbocycles. The van der Waals surface area contributed by atoms with Crippen molar-refractivity contribution < 1.29 is 18.4 Å². The second kappa shape index (κ2) is 7.59. The zero-order chi connectivity index (χ0) is 21.6. The number of carbonyl (C=O) groups excluding carboxylic acids is 2. The van der Waals surface area contributed by atoms with Crippen LogP contribution in [0.3, 0.4) is 0 Å². The standard InChI is InChI=1S/C20H25F2N5O3/c1-25-16-10-12(13-6-8-26(9-7-23)11-20(13,21)22)2-3-14(16)27(19(25)30)15-4-5-17(28)24-18(15)29/h2-3,10,13,15H,4-9,11,23H2,1H3,(H,24,28,29). The minimum absolute atomic E-state index is 0.144. The molecule has 0 aliphatic carbocycles. The Balaban J connectivity index is 1.71. The van der Waals surface area contributed by atoms with Crippen LogP contribution in [0.5, 0.6) is 0 Å². The molecule has 0 radical (unpaired) electrons. The van der Waals surface area contributed by atoms with Crippen molar-refractivity contribution >= 4 is 22.8 Å². The lowest BCUT2D eigenvalue weighted by molar-refractivity contribution is -0.135. The van der Waals surface area contributed by atoms with Crippen LogP contribution < -0.4 is 16.7 Å². The number of piperidine rings is 2. The molecular weight excluding hydrogens is 396 g/mol. The average Bonchev–Trinajstić information content (AvgIpc) is 2.92. The first-order valence-electron chi connectivity index (χ1n) is 10.1. The summed E-state index contributed by atoms with van der Waals surface area (Å²) in [5, 5.41) is 2.26. The molecule has 2 saturated heterocycles. The molecule has 2 fully saturated rings. The molecule has 2 aliphatic rings. The Morgan fingerprint density at radius 3 is 2.63 bits per heavy atom. The van der Waals surface area contributed by atoms with Gasteiger partial charge in [-0.2, -0.15) is 0 Å². The molecule has 0 saturated carbocycles. The molecule has 0 bridgehead atoms. The second-order valence-electron chi connectivity index (χ2n) is 8.09. The number of nitrogens with two attached hydrogens (primary N) is 1. The number of nitrogens with zero attached hydrogens (tertiary/aromatic N) is 3. The SMILES string of the molecule is Cn1c(=O)n(C2CCC(=O)NC2=O)c2ccc(C3CCN(CCN)CC3(F)F)cc21. The first kappa shape index (κ1) is 20.7. The number of carbonyl (C=O) groups is 2. The van der Waals surface area contributed by atoms with Crippen LogP contribution >= 0.6 is 0 Å². The maximum Gasteiger partial charge on any atom is 0.329 e. The lowest BCUT2D eigenvalue weighted by Gasteiger charge is -2.38. The van der Waals surface area contributed by atoms with Gasteiger partial charge in [0.2, 0.25) is 11.8 Å². The van der Waals surface area contributed by atoms with E-state index in [0.29, 0.717) is 42.7 Å². The molecule has 3 N–H and O–H groups in total. The number of likely N-dealkylation sites (tertiary alicyclic amines) is 1. The smallest absolute Gasteiger partial charge is 0.329 e. The van der Waals surface area contributed by atoms with E-state index in [-0.39, 0.29) is 25.3 Å². The summed E-state index contributed by atoms with van der Waals surface area (Å²) in [6.45, 7) is 0.960. The van der Waals surface area contributed by atoms with Gasteiger partial charge >= 0.3 is 5.69 Å². The van der Waals surface area contributed by atoms with Gasteiger partial charge in [-0.15, -0.1) is 0 Å². The molecule has 2 atom stereocenters. The number of benzene rings is 1. The van der Waals surface area contributed by atoms with E-state index in [9.17, 15) is 23.2 Å². The summed E-state index contributed by atoms with van der Waals surface area (Å²) >= 11 is 0. The van der Waals surface area contributed by atoms with Crippen molar-refractivity contribution in [1.29, 1.82) is 0 Å². The van der Waals surface area contributed by atoms with Gasteiger partial charge in [-0.3, -0.25) is 28.9 Å². The summed E-state index contributed by atoms with van der Waals surface area (Å²) < 4.78 is 32.4. The third-order valence-corrected chi connectivity index (χ3v) is 6.16. The average molecular weight is 421 g/mol. The fourth-order valence-corrected chi connectivity index (χ4v) is 4.62. The van der Waals surface area contributed by atoms with Crippen molar-refractivity contribution in [3.8, 4) is 0 Å². The summed E-state index contributed by atoms with van der Waals surface area (Å²) in [6.07, 6.45) is 0.661. The number of amides is 2. The van der Waals surface area contributed by atoms with Crippen molar-refractivity contribution in [1.82, 2.24) is 19.4 Å². The Morgan fingerprint density at radius 1 is 1.20 bits per heavy atom. The predicted octanol–water partition coefficient (Wildman–Crippen LogP) is 0.701. The number of rotatable bonds is 4. The number of alkyl halides is 2.